The average Bonchev–Trinajstić information content (AvgIpc) is 3.24. The number of hydrogen-bond acceptors (Lipinski definition) is 8. The zero-order valence-electron chi connectivity index (χ0n) is 20.3. The van der Waals surface area contributed by atoms with E-state index in [1.165, 1.54) is 34.8 Å². The van der Waals surface area contributed by atoms with E-state index >= 15 is 0 Å². The fraction of sp³-hybridized carbons (Fsp3) is 0.522. The van der Waals surface area contributed by atoms with E-state index in [4.69, 9.17) is 14.2 Å². The van der Waals surface area contributed by atoms with Crippen molar-refractivity contribution in [1.82, 2.24) is 14.2 Å². The lowest BCUT2D eigenvalue weighted by Crippen LogP contribution is -2.41. The minimum atomic E-state index is -3.95. The third kappa shape index (κ3) is 6.51. The maximum atomic E-state index is 13.4. The Bertz CT molecular complexity index is 1250. The second kappa shape index (κ2) is 10.6. The Labute approximate surface area is 204 Å². The van der Waals surface area contributed by atoms with Crippen molar-refractivity contribution >= 4 is 33.0 Å². The molecule has 0 spiro atoms. The summed E-state index contributed by atoms with van der Waals surface area (Å²) in [5.74, 6) is 0. The molecule has 2 aromatic rings. The number of nitrogens with one attached hydrogen (secondary N) is 1. The first kappa shape index (κ1) is 26.5. The largest absolute Gasteiger partial charge is 0.510 e. The molecule has 35 heavy (non-hydrogen) atoms. The normalized spacial score (nSPS) is 16.7. The van der Waals surface area contributed by atoms with E-state index in [-0.39, 0.29) is 42.1 Å². The van der Waals surface area contributed by atoms with E-state index in [0.717, 1.165) is 4.57 Å². The van der Waals surface area contributed by atoms with Crippen molar-refractivity contribution in [3.63, 3.8) is 0 Å². The SMILES string of the molecule is CCCOC(=O)OCn1ccc2c(S(=O)(=O)N3CCC(NC(=O)OC(C)(C)C)C3)cccc2c1=O. The van der Waals surface area contributed by atoms with Gasteiger partial charge in [0.15, 0.2) is 6.73 Å². The number of rotatable bonds is 7. The highest BCUT2D eigenvalue weighted by molar-refractivity contribution is 7.89. The van der Waals surface area contributed by atoms with E-state index < -0.39 is 39.5 Å². The van der Waals surface area contributed by atoms with Gasteiger partial charge in [0.05, 0.1) is 11.5 Å². The zero-order valence-corrected chi connectivity index (χ0v) is 21.1. The van der Waals surface area contributed by atoms with Crippen LogP contribution in [0.2, 0.25) is 0 Å². The molecule has 0 bridgehead atoms. The molecule has 11 nitrogen and oxygen atoms in total. The lowest BCUT2D eigenvalue weighted by atomic mass is 10.2. The molecular formula is C23H31N3O8S. The van der Waals surface area contributed by atoms with Crippen LogP contribution < -0.4 is 10.9 Å². The van der Waals surface area contributed by atoms with Crippen LogP contribution in [-0.4, -0.2) is 60.9 Å². The van der Waals surface area contributed by atoms with E-state index in [0.29, 0.717) is 12.8 Å². The summed E-state index contributed by atoms with van der Waals surface area (Å²) in [4.78, 5) is 36.5. The molecule has 1 aliphatic rings. The second-order valence-electron chi connectivity index (χ2n) is 9.17. The zero-order chi connectivity index (χ0) is 25.8. The van der Waals surface area contributed by atoms with Crippen molar-refractivity contribution < 1.29 is 32.2 Å². The molecule has 1 aromatic heterocycles. The Morgan fingerprint density at radius 3 is 2.57 bits per heavy atom. The number of sulfonamides is 1. The molecule has 0 aliphatic carbocycles. The summed E-state index contributed by atoms with van der Waals surface area (Å²) in [7, 11) is -3.95. The number of amides is 1. The number of pyridine rings is 1. The number of ether oxygens (including phenoxy) is 3. The van der Waals surface area contributed by atoms with Gasteiger partial charge in [0, 0.05) is 36.1 Å². The van der Waals surface area contributed by atoms with Crippen LogP contribution in [0.5, 0.6) is 0 Å². The molecule has 1 fully saturated rings. The van der Waals surface area contributed by atoms with Gasteiger partial charge in [0.1, 0.15) is 5.60 Å². The Balaban J connectivity index is 1.78. The van der Waals surface area contributed by atoms with Gasteiger partial charge in [-0.25, -0.2) is 18.0 Å². The molecular weight excluding hydrogens is 478 g/mol. The molecule has 1 saturated heterocycles. The summed E-state index contributed by atoms with van der Waals surface area (Å²) < 4.78 is 44.3. The fourth-order valence-electron chi connectivity index (χ4n) is 3.64. The van der Waals surface area contributed by atoms with Crippen LogP contribution in [0.15, 0.2) is 40.2 Å². The Morgan fingerprint density at radius 1 is 1.14 bits per heavy atom. The van der Waals surface area contributed by atoms with Crippen LogP contribution in [0, 0.1) is 0 Å². The van der Waals surface area contributed by atoms with Gasteiger partial charge in [-0.15, -0.1) is 0 Å². The number of hydrogen-bond donors (Lipinski definition) is 1. The minimum absolute atomic E-state index is 0.0135. The predicted molar refractivity (Wildman–Crippen MR) is 127 cm³/mol. The van der Waals surface area contributed by atoms with Gasteiger partial charge in [-0.1, -0.05) is 13.0 Å². The van der Waals surface area contributed by atoms with Gasteiger partial charge in [0.2, 0.25) is 10.0 Å². The van der Waals surface area contributed by atoms with Crippen LogP contribution in [-0.2, 0) is 31.0 Å². The smallest absolute Gasteiger partial charge is 0.444 e. The molecule has 1 amide bonds. The highest BCUT2D eigenvalue weighted by Crippen LogP contribution is 2.27. The molecule has 0 saturated carbocycles. The minimum Gasteiger partial charge on any atom is -0.444 e. The summed E-state index contributed by atoms with van der Waals surface area (Å²) in [5, 5.41) is 3.13. The number of benzene rings is 1. The first-order valence-corrected chi connectivity index (χ1v) is 12.8. The Hall–Kier alpha value is -3.12. The summed E-state index contributed by atoms with van der Waals surface area (Å²) in [5.41, 5.74) is -1.17. The van der Waals surface area contributed by atoms with Crippen LogP contribution in [0.4, 0.5) is 9.59 Å². The maximum absolute atomic E-state index is 13.4. The lowest BCUT2D eigenvalue weighted by Gasteiger charge is -2.22. The summed E-state index contributed by atoms with van der Waals surface area (Å²) in [6.07, 6.45) is 0.943. The summed E-state index contributed by atoms with van der Waals surface area (Å²) in [6.45, 7) is 7.22. The monoisotopic (exact) mass is 509 g/mol. The number of alkyl carbamates (subject to hydrolysis) is 1. The Kier molecular flexibility index (Phi) is 8.06. The Morgan fingerprint density at radius 2 is 1.89 bits per heavy atom. The summed E-state index contributed by atoms with van der Waals surface area (Å²) in [6, 6.07) is 5.55. The second-order valence-corrected chi connectivity index (χ2v) is 11.1. The van der Waals surface area contributed by atoms with Crippen molar-refractivity contribution in [2.45, 2.75) is 63.8 Å². The standard InChI is InChI=1S/C23H31N3O8S/c1-5-13-32-22(29)33-15-25-11-10-17-18(20(25)27)7-6-8-19(17)35(30,31)26-12-9-16(14-26)24-21(28)34-23(2,3)4/h6-8,10-11,16H,5,9,12-15H2,1-4H3,(H,24,28). The van der Waals surface area contributed by atoms with E-state index in [2.05, 4.69) is 5.32 Å². The molecule has 1 atom stereocenters. The molecule has 2 heterocycles. The molecule has 1 aliphatic heterocycles. The molecule has 0 radical (unpaired) electrons. The van der Waals surface area contributed by atoms with Gasteiger partial charge < -0.3 is 19.5 Å². The number of carbonyl (C=O) groups is 2. The van der Waals surface area contributed by atoms with Crippen LogP contribution >= 0.6 is 0 Å². The number of carbonyl (C=O) groups excluding carboxylic acids is 2. The number of fused-ring (bicyclic) bond motifs is 1. The van der Waals surface area contributed by atoms with Gasteiger partial charge in [0.25, 0.3) is 5.56 Å². The molecule has 1 aromatic carbocycles. The van der Waals surface area contributed by atoms with Gasteiger partial charge >= 0.3 is 12.2 Å². The molecule has 192 valence electrons. The first-order chi connectivity index (χ1) is 16.4. The molecule has 1 unspecified atom stereocenters. The highest BCUT2D eigenvalue weighted by atomic mass is 32.2. The lowest BCUT2D eigenvalue weighted by molar-refractivity contribution is 0.0330. The van der Waals surface area contributed by atoms with Crippen molar-refractivity contribution in [3.8, 4) is 0 Å². The fourth-order valence-corrected chi connectivity index (χ4v) is 5.35. The predicted octanol–water partition coefficient (Wildman–Crippen LogP) is 2.81. The third-order valence-corrected chi connectivity index (χ3v) is 7.14. The van der Waals surface area contributed by atoms with Crippen molar-refractivity contribution in [2.24, 2.45) is 0 Å². The van der Waals surface area contributed by atoms with Crippen molar-refractivity contribution in [1.29, 1.82) is 0 Å². The molecule has 3 rings (SSSR count). The third-order valence-electron chi connectivity index (χ3n) is 5.21. The number of nitrogens with zero attached hydrogens (tertiary/aromatic N) is 2. The quantitative estimate of drug-likeness (QED) is 0.564. The first-order valence-electron chi connectivity index (χ1n) is 11.3. The topological polar surface area (TPSA) is 133 Å². The number of aromatic nitrogens is 1. The van der Waals surface area contributed by atoms with Gasteiger partial charge in [-0.3, -0.25) is 9.36 Å². The van der Waals surface area contributed by atoms with Gasteiger partial charge in [-0.2, -0.15) is 4.31 Å². The molecule has 1 N–H and O–H groups in total. The van der Waals surface area contributed by atoms with E-state index in [1.807, 2.05) is 6.92 Å². The van der Waals surface area contributed by atoms with Crippen molar-refractivity contribution in [3.05, 3.63) is 40.8 Å². The molecule has 12 heteroatoms. The maximum Gasteiger partial charge on any atom is 0.510 e. The van der Waals surface area contributed by atoms with Crippen LogP contribution in [0.3, 0.4) is 0 Å². The van der Waals surface area contributed by atoms with Crippen LogP contribution in [0.25, 0.3) is 10.8 Å². The average molecular weight is 510 g/mol. The van der Waals surface area contributed by atoms with E-state index in [9.17, 15) is 22.8 Å². The highest BCUT2D eigenvalue weighted by Gasteiger charge is 2.35. The van der Waals surface area contributed by atoms with Crippen LogP contribution in [0.1, 0.15) is 40.5 Å². The summed E-state index contributed by atoms with van der Waals surface area (Å²) >= 11 is 0. The van der Waals surface area contributed by atoms with Gasteiger partial charge in [-0.05, 0) is 51.8 Å². The van der Waals surface area contributed by atoms with E-state index in [1.54, 1.807) is 20.8 Å². The van der Waals surface area contributed by atoms with Crippen molar-refractivity contribution in [2.75, 3.05) is 19.7 Å².